The quantitative estimate of drug-likeness (QED) is 0.735. The summed E-state index contributed by atoms with van der Waals surface area (Å²) in [4.78, 5) is 0. The van der Waals surface area contributed by atoms with Gasteiger partial charge in [0.25, 0.3) is 0 Å². The number of ether oxygens (including phenoxy) is 1. The van der Waals surface area contributed by atoms with E-state index >= 15 is 0 Å². The van der Waals surface area contributed by atoms with Crippen LogP contribution in [-0.4, -0.2) is 24.4 Å². The second-order valence-corrected chi connectivity index (χ2v) is 10.5. The van der Waals surface area contributed by atoms with Gasteiger partial charge in [-0.1, -0.05) is 19.8 Å². The van der Waals surface area contributed by atoms with E-state index in [2.05, 4.69) is 13.8 Å². The van der Waals surface area contributed by atoms with E-state index in [0.29, 0.717) is 0 Å². The Morgan fingerprint density at radius 3 is 2.56 bits per heavy atom. The lowest BCUT2D eigenvalue weighted by Gasteiger charge is -2.57. The normalized spacial score (nSPS) is 53.3. The SMILES string of the molecule is COC[C@@H]1CCCC[C@H]2[C@@H]3CC[C@@H]4C[C@](C)(O)CC[C@@H]4[C@H]3C[C@H](C)[C@H]12. The van der Waals surface area contributed by atoms with Crippen molar-refractivity contribution in [3.8, 4) is 0 Å². The van der Waals surface area contributed by atoms with E-state index < -0.39 is 0 Å². The van der Waals surface area contributed by atoms with Crippen LogP contribution in [-0.2, 0) is 4.74 Å². The molecule has 25 heavy (non-hydrogen) atoms. The van der Waals surface area contributed by atoms with Crippen molar-refractivity contribution in [1.29, 1.82) is 0 Å². The molecule has 0 spiro atoms. The summed E-state index contributed by atoms with van der Waals surface area (Å²) in [6.07, 6.45) is 13.4. The first-order chi connectivity index (χ1) is 12.0. The maximum atomic E-state index is 10.6. The molecular weight excluding hydrogens is 308 g/mol. The molecule has 4 aliphatic rings. The third-order valence-electron chi connectivity index (χ3n) is 8.93. The van der Waals surface area contributed by atoms with Crippen molar-refractivity contribution in [3.63, 3.8) is 0 Å². The average Bonchev–Trinajstić information content (AvgIpc) is 2.77. The molecule has 4 saturated carbocycles. The van der Waals surface area contributed by atoms with Gasteiger partial charge in [-0.15, -0.1) is 0 Å². The molecule has 4 rings (SSSR count). The topological polar surface area (TPSA) is 29.5 Å². The summed E-state index contributed by atoms with van der Waals surface area (Å²) >= 11 is 0. The van der Waals surface area contributed by atoms with Crippen LogP contribution >= 0.6 is 0 Å². The highest BCUT2D eigenvalue weighted by atomic mass is 16.5. The monoisotopic (exact) mass is 348 g/mol. The average molecular weight is 349 g/mol. The predicted octanol–water partition coefficient (Wildman–Crippen LogP) is 5.29. The molecular formula is C23H40O2. The van der Waals surface area contributed by atoms with E-state index in [1.165, 1.54) is 51.4 Å². The number of fused-ring (bicyclic) bond motifs is 5. The van der Waals surface area contributed by atoms with Gasteiger partial charge in [-0.2, -0.15) is 0 Å². The van der Waals surface area contributed by atoms with Gasteiger partial charge in [0, 0.05) is 13.7 Å². The van der Waals surface area contributed by atoms with E-state index in [1.807, 2.05) is 7.11 Å². The Morgan fingerprint density at radius 1 is 0.960 bits per heavy atom. The molecule has 0 aromatic rings. The molecule has 2 nitrogen and oxygen atoms in total. The second kappa shape index (κ2) is 7.15. The third-order valence-corrected chi connectivity index (χ3v) is 8.93. The van der Waals surface area contributed by atoms with Gasteiger partial charge in [0.05, 0.1) is 5.60 Å². The smallest absolute Gasteiger partial charge is 0.0622 e. The summed E-state index contributed by atoms with van der Waals surface area (Å²) < 4.78 is 5.65. The minimum atomic E-state index is -0.386. The van der Waals surface area contributed by atoms with Gasteiger partial charge in [0.15, 0.2) is 0 Å². The lowest BCUT2D eigenvalue weighted by molar-refractivity contribution is -0.106. The van der Waals surface area contributed by atoms with E-state index in [-0.39, 0.29) is 5.60 Å². The Labute approximate surface area is 155 Å². The van der Waals surface area contributed by atoms with Crippen molar-refractivity contribution in [2.24, 2.45) is 47.3 Å². The molecule has 0 amide bonds. The third kappa shape index (κ3) is 3.43. The Balaban J connectivity index is 1.55. The lowest BCUT2D eigenvalue weighted by Crippen LogP contribution is -2.51. The standard InChI is InChI=1S/C23H40O2/c1-15-12-21-18-10-11-23(2,24)13-16(18)8-9-19(21)20-7-5-4-6-17(14-25-3)22(15)20/h15-22,24H,4-14H2,1-3H3/t15-,16+,17-,18-,19-,20-,21+,22+,23+/m0/s1. The summed E-state index contributed by atoms with van der Waals surface area (Å²) in [7, 11) is 1.90. The molecule has 0 aromatic heterocycles. The fourth-order valence-corrected chi connectivity index (χ4v) is 8.13. The van der Waals surface area contributed by atoms with Crippen LogP contribution in [0.25, 0.3) is 0 Å². The molecule has 0 saturated heterocycles. The molecule has 1 N–H and O–H groups in total. The molecule has 4 fully saturated rings. The number of hydrogen-bond acceptors (Lipinski definition) is 2. The fraction of sp³-hybridized carbons (Fsp3) is 1.00. The highest BCUT2D eigenvalue weighted by molar-refractivity contribution is 5.02. The van der Waals surface area contributed by atoms with E-state index in [4.69, 9.17) is 4.74 Å². The van der Waals surface area contributed by atoms with E-state index in [9.17, 15) is 5.11 Å². The Bertz CT molecular complexity index is 459. The van der Waals surface area contributed by atoms with Gasteiger partial charge in [0.1, 0.15) is 0 Å². The highest BCUT2D eigenvalue weighted by Gasteiger charge is 2.53. The first-order valence-corrected chi connectivity index (χ1v) is 11.2. The number of methoxy groups -OCH3 is 1. The van der Waals surface area contributed by atoms with Gasteiger partial charge >= 0.3 is 0 Å². The van der Waals surface area contributed by atoms with Crippen LogP contribution in [0.5, 0.6) is 0 Å². The number of aliphatic hydroxyl groups is 1. The van der Waals surface area contributed by atoms with E-state index in [0.717, 1.165) is 66.8 Å². The van der Waals surface area contributed by atoms with Crippen LogP contribution in [0.2, 0.25) is 0 Å². The van der Waals surface area contributed by atoms with Crippen LogP contribution < -0.4 is 0 Å². The van der Waals surface area contributed by atoms with Gasteiger partial charge in [-0.25, -0.2) is 0 Å². The first-order valence-electron chi connectivity index (χ1n) is 11.2. The van der Waals surface area contributed by atoms with Crippen LogP contribution in [0.4, 0.5) is 0 Å². The van der Waals surface area contributed by atoms with Crippen molar-refractivity contribution in [1.82, 2.24) is 0 Å². The molecule has 0 unspecified atom stereocenters. The summed E-state index contributed by atoms with van der Waals surface area (Å²) in [6, 6.07) is 0. The minimum absolute atomic E-state index is 0.386. The molecule has 9 atom stereocenters. The zero-order valence-corrected chi connectivity index (χ0v) is 16.8. The second-order valence-electron chi connectivity index (χ2n) is 10.5. The predicted molar refractivity (Wildman–Crippen MR) is 102 cm³/mol. The molecule has 0 radical (unpaired) electrons. The van der Waals surface area contributed by atoms with Gasteiger partial charge in [0.2, 0.25) is 0 Å². The van der Waals surface area contributed by atoms with Crippen LogP contribution in [0.1, 0.15) is 78.1 Å². The van der Waals surface area contributed by atoms with Crippen LogP contribution in [0.3, 0.4) is 0 Å². The van der Waals surface area contributed by atoms with E-state index in [1.54, 1.807) is 0 Å². The molecule has 0 bridgehead atoms. The van der Waals surface area contributed by atoms with Crippen molar-refractivity contribution in [2.45, 2.75) is 83.7 Å². The number of rotatable bonds is 2. The number of hydrogen-bond donors (Lipinski definition) is 1. The van der Waals surface area contributed by atoms with Crippen LogP contribution in [0.15, 0.2) is 0 Å². The fourth-order valence-electron chi connectivity index (χ4n) is 8.13. The molecule has 0 heterocycles. The maximum absolute atomic E-state index is 10.6. The van der Waals surface area contributed by atoms with Gasteiger partial charge in [-0.05, 0) is 106 Å². The molecule has 0 aliphatic heterocycles. The lowest BCUT2D eigenvalue weighted by atomic mass is 9.49. The van der Waals surface area contributed by atoms with Crippen molar-refractivity contribution in [2.75, 3.05) is 13.7 Å². The maximum Gasteiger partial charge on any atom is 0.0622 e. The Morgan fingerprint density at radius 2 is 1.76 bits per heavy atom. The summed E-state index contributed by atoms with van der Waals surface area (Å²) in [5, 5.41) is 10.6. The molecule has 0 aromatic carbocycles. The first kappa shape index (κ1) is 18.3. The Kier molecular flexibility index (Phi) is 5.23. The molecule has 144 valence electrons. The summed E-state index contributed by atoms with van der Waals surface area (Å²) in [5.74, 6) is 7.17. The van der Waals surface area contributed by atoms with Crippen molar-refractivity contribution >= 4 is 0 Å². The molecule has 4 aliphatic carbocycles. The molecule has 2 heteroatoms. The van der Waals surface area contributed by atoms with Crippen LogP contribution in [0, 0.1) is 47.3 Å². The highest BCUT2D eigenvalue weighted by Crippen LogP contribution is 2.59. The zero-order chi connectivity index (χ0) is 17.6. The zero-order valence-electron chi connectivity index (χ0n) is 16.8. The minimum Gasteiger partial charge on any atom is -0.390 e. The van der Waals surface area contributed by atoms with Crippen molar-refractivity contribution < 1.29 is 9.84 Å². The van der Waals surface area contributed by atoms with Crippen molar-refractivity contribution in [3.05, 3.63) is 0 Å². The largest absolute Gasteiger partial charge is 0.390 e. The summed E-state index contributed by atoms with van der Waals surface area (Å²) in [5.41, 5.74) is -0.386. The van der Waals surface area contributed by atoms with Gasteiger partial charge in [-0.3, -0.25) is 0 Å². The summed E-state index contributed by atoms with van der Waals surface area (Å²) in [6.45, 7) is 5.62. The Hall–Kier alpha value is -0.0800. The van der Waals surface area contributed by atoms with Gasteiger partial charge < -0.3 is 9.84 Å².